The van der Waals surface area contributed by atoms with Gasteiger partial charge in [0.05, 0.1) is 30.6 Å². The van der Waals surface area contributed by atoms with Gasteiger partial charge in [0, 0.05) is 23.6 Å². The first-order valence-corrected chi connectivity index (χ1v) is 10.2. The normalized spacial score (nSPS) is 21.9. The topological polar surface area (TPSA) is 46.2 Å². The smallest absolute Gasteiger partial charge is 0.170 e. The van der Waals surface area contributed by atoms with Gasteiger partial charge in [0.2, 0.25) is 0 Å². The Hall–Kier alpha value is -2.60. The fourth-order valence-electron chi connectivity index (χ4n) is 4.48. The Balaban J connectivity index is 1.59. The highest BCUT2D eigenvalue weighted by Crippen LogP contribution is 2.45. The number of aromatic nitrogens is 2. The van der Waals surface area contributed by atoms with Crippen LogP contribution in [-0.4, -0.2) is 19.6 Å². The lowest BCUT2D eigenvalue weighted by molar-refractivity contribution is 0.286. The van der Waals surface area contributed by atoms with Crippen LogP contribution in [0.1, 0.15) is 59.4 Å². The third-order valence-electron chi connectivity index (χ3n) is 5.86. The summed E-state index contributed by atoms with van der Waals surface area (Å²) in [6.45, 7) is 5.09. The van der Waals surface area contributed by atoms with Crippen molar-refractivity contribution in [1.29, 1.82) is 0 Å². The molecule has 2 fully saturated rings. The number of hydrogen-bond acceptors (Lipinski definition) is 3. The van der Waals surface area contributed by atoms with Crippen molar-refractivity contribution in [2.45, 2.75) is 51.4 Å². The van der Waals surface area contributed by atoms with Crippen LogP contribution in [0.5, 0.6) is 0 Å². The summed E-state index contributed by atoms with van der Waals surface area (Å²) in [5.41, 5.74) is 4.99. The molecule has 0 radical (unpaired) electrons. The van der Waals surface area contributed by atoms with Crippen LogP contribution in [0.3, 0.4) is 0 Å². The van der Waals surface area contributed by atoms with E-state index in [1.807, 2.05) is 30.5 Å². The summed E-state index contributed by atoms with van der Waals surface area (Å²) in [5, 5.41) is 4.27. The van der Waals surface area contributed by atoms with Crippen molar-refractivity contribution in [1.82, 2.24) is 19.8 Å². The number of rotatable bonds is 5. The van der Waals surface area contributed by atoms with E-state index in [0.29, 0.717) is 12.6 Å². The third kappa shape index (κ3) is 2.92. The first-order valence-electron chi connectivity index (χ1n) is 9.82. The summed E-state index contributed by atoms with van der Waals surface area (Å²) in [5.74, 6) is 0.909. The Morgan fingerprint density at radius 1 is 1.21 bits per heavy atom. The predicted molar refractivity (Wildman–Crippen MR) is 112 cm³/mol. The molecular formula is C22H24N4OS. The number of nitrogens with one attached hydrogen (secondary N) is 1. The number of aryl methyl sites for hydroxylation is 1. The van der Waals surface area contributed by atoms with Crippen molar-refractivity contribution in [3.05, 3.63) is 77.3 Å². The van der Waals surface area contributed by atoms with Crippen LogP contribution < -0.4 is 5.32 Å². The molecule has 0 aromatic carbocycles. The van der Waals surface area contributed by atoms with Gasteiger partial charge in [-0.25, -0.2) is 0 Å². The number of furan rings is 1. The molecule has 3 aromatic rings. The Labute approximate surface area is 170 Å². The van der Waals surface area contributed by atoms with E-state index < -0.39 is 0 Å². The number of thiocarbonyl (C=S) groups is 1. The van der Waals surface area contributed by atoms with Crippen molar-refractivity contribution < 1.29 is 4.42 Å². The van der Waals surface area contributed by atoms with Crippen LogP contribution in [0.2, 0.25) is 0 Å². The maximum Gasteiger partial charge on any atom is 0.170 e. The van der Waals surface area contributed by atoms with E-state index in [0.717, 1.165) is 16.6 Å². The zero-order valence-corrected chi connectivity index (χ0v) is 16.9. The molecule has 2 aliphatic rings. The highest BCUT2D eigenvalue weighted by molar-refractivity contribution is 7.80. The van der Waals surface area contributed by atoms with E-state index in [1.54, 1.807) is 6.26 Å². The Bertz CT molecular complexity index is 991. The van der Waals surface area contributed by atoms with Crippen LogP contribution in [0, 0.1) is 13.8 Å². The molecule has 1 aliphatic heterocycles. The molecule has 1 aliphatic carbocycles. The van der Waals surface area contributed by atoms with Gasteiger partial charge in [-0.1, -0.05) is 6.07 Å². The highest BCUT2D eigenvalue weighted by Gasteiger charge is 2.42. The van der Waals surface area contributed by atoms with Crippen molar-refractivity contribution in [3.63, 3.8) is 0 Å². The number of pyridine rings is 1. The molecule has 0 spiro atoms. The molecule has 1 N–H and O–H groups in total. The van der Waals surface area contributed by atoms with Crippen molar-refractivity contribution in [3.8, 4) is 0 Å². The summed E-state index contributed by atoms with van der Waals surface area (Å²) in [7, 11) is 0. The van der Waals surface area contributed by atoms with Gasteiger partial charge in [-0.3, -0.25) is 4.98 Å². The summed E-state index contributed by atoms with van der Waals surface area (Å²) in [6.07, 6.45) is 6.11. The van der Waals surface area contributed by atoms with E-state index in [4.69, 9.17) is 16.6 Å². The fourth-order valence-corrected chi connectivity index (χ4v) is 4.79. The maximum absolute atomic E-state index is 5.75. The molecule has 4 heterocycles. The van der Waals surface area contributed by atoms with Crippen molar-refractivity contribution in [2.24, 2.45) is 0 Å². The molecule has 3 aromatic heterocycles. The minimum Gasteiger partial charge on any atom is -0.467 e. The first-order chi connectivity index (χ1) is 13.6. The molecule has 28 heavy (non-hydrogen) atoms. The molecule has 0 unspecified atom stereocenters. The molecule has 1 saturated carbocycles. The minimum atomic E-state index is 0.0109. The zero-order chi connectivity index (χ0) is 19.3. The van der Waals surface area contributed by atoms with Gasteiger partial charge in [0.15, 0.2) is 5.11 Å². The predicted octanol–water partition coefficient (Wildman–Crippen LogP) is 4.60. The molecular weight excluding hydrogens is 368 g/mol. The lowest BCUT2D eigenvalue weighted by Gasteiger charge is -2.27. The van der Waals surface area contributed by atoms with Crippen LogP contribution in [0.25, 0.3) is 0 Å². The second-order valence-electron chi connectivity index (χ2n) is 7.76. The quantitative estimate of drug-likeness (QED) is 0.643. The number of nitrogens with zero attached hydrogens (tertiary/aromatic N) is 3. The largest absolute Gasteiger partial charge is 0.467 e. The molecule has 5 nitrogen and oxygen atoms in total. The summed E-state index contributed by atoms with van der Waals surface area (Å²) in [6, 6.07) is 13.1. The summed E-state index contributed by atoms with van der Waals surface area (Å²) >= 11 is 5.75. The molecule has 6 heteroatoms. The molecule has 144 valence electrons. The van der Waals surface area contributed by atoms with E-state index in [-0.39, 0.29) is 12.1 Å². The van der Waals surface area contributed by atoms with Gasteiger partial charge in [-0.05, 0) is 74.8 Å². The monoisotopic (exact) mass is 392 g/mol. The lowest BCUT2D eigenvalue weighted by Crippen LogP contribution is -2.29. The standard InChI is InChI=1S/C22H24N4OS/c1-14-12-18(15(2)26(14)16-8-9-16)21-20(19-7-3-4-10-23-19)24-22(28)25(21)13-17-6-5-11-27-17/h3-7,10-12,16,20-21H,8-9,13H2,1-2H3,(H,24,28)/t20-,21+/m1/s1. The van der Waals surface area contributed by atoms with E-state index in [1.165, 1.54) is 29.8 Å². The zero-order valence-electron chi connectivity index (χ0n) is 16.1. The highest BCUT2D eigenvalue weighted by atomic mass is 32.1. The van der Waals surface area contributed by atoms with E-state index >= 15 is 0 Å². The van der Waals surface area contributed by atoms with Gasteiger partial charge < -0.3 is 19.2 Å². The van der Waals surface area contributed by atoms with Gasteiger partial charge >= 0.3 is 0 Å². The fraction of sp³-hybridized carbons (Fsp3) is 0.364. The van der Waals surface area contributed by atoms with Crippen LogP contribution in [-0.2, 0) is 6.54 Å². The summed E-state index contributed by atoms with van der Waals surface area (Å²) < 4.78 is 8.12. The molecule has 2 atom stereocenters. The van der Waals surface area contributed by atoms with Crippen LogP contribution in [0.15, 0.2) is 53.3 Å². The maximum atomic E-state index is 5.75. The van der Waals surface area contributed by atoms with E-state index in [9.17, 15) is 0 Å². The van der Waals surface area contributed by atoms with Crippen molar-refractivity contribution >= 4 is 17.3 Å². The van der Waals surface area contributed by atoms with Gasteiger partial charge in [0.1, 0.15) is 5.76 Å². The minimum absolute atomic E-state index is 0.0109. The van der Waals surface area contributed by atoms with Gasteiger partial charge in [-0.2, -0.15) is 0 Å². The van der Waals surface area contributed by atoms with Crippen LogP contribution in [0.4, 0.5) is 0 Å². The Morgan fingerprint density at radius 3 is 2.75 bits per heavy atom. The number of hydrogen-bond donors (Lipinski definition) is 1. The second-order valence-corrected chi connectivity index (χ2v) is 8.15. The third-order valence-corrected chi connectivity index (χ3v) is 6.21. The second kappa shape index (κ2) is 6.78. The van der Waals surface area contributed by atoms with Crippen molar-refractivity contribution in [2.75, 3.05) is 0 Å². The lowest BCUT2D eigenvalue weighted by atomic mass is 9.96. The van der Waals surface area contributed by atoms with Gasteiger partial charge in [-0.15, -0.1) is 0 Å². The van der Waals surface area contributed by atoms with Gasteiger partial charge in [0.25, 0.3) is 0 Å². The Morgan fingerprint density at radius 2 is 2.07 bits per heavy atom. The molecule has 1 saturated heterocycles. The Kier molecular flexibility index (Phi) is 4.23. The first kappa shape index (κ1) is 17.5. The SMILES string of the molecule is Cc1cc([C@H]2[C@@H](c3ccccn3)NC(=S)N2Cc2ccco2)c(C)n1C1CC1. The molecule has 5 rings (SSSR count). The summed E-state index contributed by atoms with van der Waals surface area (Å²) in [4.78, 5) is 6.87. The molecule has 0 amide bonds. The van der Waals surface area contributed by atoms with Crippen LogP contribution >= 0.6 is 12.2 Å². The average Bonchev–Trinajstić information content (AvgIpc) is 3.16. The average molecular weight is 393 g/mol. The van der Waals surface area contributed by atoms with E-state index in [2.05, 4.69) is 45.7 Å². The molecule has 0 bridgehead atoms.